The molecule has 1 amide bonds. The Hall–Kier alpha value is -4.12. The first-order chi connectivity index (χ1) is 20.8. The number of carbonyl (C=O) groups excluding carboxylic acids is 2. The fourth-order valence-corrected chi connectivity index (χ4v) is 6.49. The van der Waals surface area contributed by atoms with Gasteiger partial charge in [-0.2, -0.15) is 0 Å². The van der Waals surface area contributed by atoms with Gasteiger partial charge in [0.1, 0.15) is 28.9 Å². The van der Waals surface area contributed by atoms with Crippen LogP contribution in [0.15, 0.2) is 66.7 Å². The molecule has 1 aliphatic heterocycles. The number of nitrogens with one attached hydrogen (secondary N) is 1. The molecule has 3 aromatic rings. The Kier molecular flexibility index (Phi) is 8.64. The van der Waals surface area contributed by atoms with E-state index < -0.39 is 41.0 Å². The van der Waals surface area contributed by atoms with Gasteiger partial charge in [-0.05, 0) is 24.1 Å². The normalized spacial score (nSPS) is 23.8. The number of ether oxygens (including phenoxy) is 6. The van der Waals surface area contributed by atoms with Crippen LogP contribution in [-0.2, 0) is 30.3 Å². The summed E-state index contributed by atoms with van der Waals surface area (Å²) in [6.45, 7) is 0.277. The fraction of sp³-hybridized carbons (Fsp3) is 0.394. The van der Waals surface area contributed by atoms with Crippen LogP contribution in [0.4, 0.5) is 0 Å². The predicted octanol–water partition coefficient (Wildman–Crippen LogP) is 3.69. The highest BCUT2D eigenvalue weighted by molar-refractivity contribution is 6.11. The molecule has 0 saturated heterocycles. The first-order valence-electron chi connectivity index (χ1n) is 14.1. The van der Waals surface area contributed by atoms with Crippen LogP contribution in [0.25, 0.3) is 0 Å². The minimum absolute atomic E-state index is 0.149. The first-order valence-corrected chi connectivity index (χ1v) is 14.1. The Morgan fingerprint density at radius 2 is 1.60 bits per heavy atom. The van der Waals surface area contributed by atoms with Crippen LogP contribution in [0, 0.1) is 5.92 Å². The van der Waals surface area contributed by atoms with Gasteiger partial charge in [0, 0.05) is 44.9 Å². The van der Waals surface area contributed by atoms with Gasteiger partial charge in [-0.1, -0.05) is 42.5 Å². The molecule has 10 nitrogen and oxygen atoms in total. The largest absolute Gasteiger partial charge is 0.497 e. The van der Waals surface area contributed by atoms with E-state index >= 15 is 0 Å². The van der Waals surface area contributed by atoms with E-state index in [9.17, 15) is 14.7 Å². The number of fused-ring (bicyclic) bond motifs is 3. The predicted molar refractivity (Wildman–Crippen MR) is 156 cm³/mol. The van der Waals surface area contributed by atoms with Crippen molar-refractivity contribution in [3.8, 4) is 23.0 Å². The minimum atomic E-state index is -2.30. The van der Waals surface area contributed by atoms with Crippen LogP contribution in [0.1, 0.15) is 35.4 Å². The molecule has 0 unspecified atom stereocenters. The topological polar surface area (TPSA) is 122 Å². The second kappa shape index (κ2) is 12.2. The molecule has 4 atom stereocenters. The van der Waals surface area contributed by atoms with Crippen LogP contribution in [0.2, 0.25) is 0 Å². The van der Waals surface area contributed by atoms with Crippen molar-refractivity contribution >= 4 is 11.7 Å². The maximum Gasteiger partial charge on any atom is 0.231 e. The van der Waals surface area contributed by atoms with E-state index in [-0.39, 0.29) is 23.6 Å². The van der Waals surface area contributed by atoms with Crippen LogP contribution < -0.4 is 24.3 Å². The summed E-state index contributed by atoms with van der Waals surface area (Å²) in [6, 6.07) is 19.3. The standard InChI is InChI=1S/C33H37NO9/c1-38-22-15-13-21(14-16-22)33-28(20-10-7-6-8-11-20)27(31(36)34-17-9-12-26(41-4)42-5)30(35)32(33,37)29-24(40-3)18-23(39-2)19-25(29)43-33/h6-8,10-11,13-16,18-19,26-28,37H,9,12,17H2,1-5H3,(H,34,36)/t27-,28+,32-,33-/m0/s1. The summed E-state index contributed by atoms with van der Waals surface area (Å²) < 4.78 is 33.8. The van der Waals surface area contributed by atoms with Crippen molar-refractivity contribution in [2.24, 2.45) is 5.92 Å². The van der Waals surface area contributed by atoms with Crippen molar-refractivity contribution in [2.45, 2.75) is 36.3 Å². The summed E-state index contributed by atoms with van der Waals surface area (Å²) in [6.07, 6.45) is 0.689. The Labute approximate surface area is 250 Å². The highest BCUT2D eigenvalue weighted by Crippen LogP contribution is 2.68. The average Bonchev–Trinajstić information content (AvgIpc) is 3.43. The smallest absolute Gasteiger partial charge is 0.231 e. The van der Waals surface area contributed by atoms with Gasteiger partial charge in [0.25, 0.3) is 0 Å². The van der Waals surface area contributed by atoms with Crippen LogP contribution in [0.3, 0.4) is 0 Å². The molecular formula is C33H37NO9. The molecule has 2 aliphatic rings. The van der Waals surface area contributed by atoms with E-state index in [4.69, 9.17) is 28.4 Å². The molecule has 1 saturated carbocycles. The van der Waals surface area contributed by atoms with Crippen LogP contribution >= 0.6 is 0 Å². The third-order valence-electron chi connectivity index (χ3n) is 8.48. The molecule has 0 bridgehead atoms. The molecule has 3 aromatic carbocycles. The molecule has 2 N–H and O–H groups in total. The van der Waals surface area contributed by atoms with Gasteiger partial charge in [-0.25, -0.2) is 0 Å². The van der Waals surface area contributed by atoms with Crippen molar-refractivity contribution in [1.29, 1.82) is 0 Å². The second-order valence-corrected chi connectivity index (χ2v) is 10.5. The van der Waals surface area contributed by atoms with Gasteiger partial charge >= 0.3 is 0 Å². The van der Waals surface area contributed by atoms with Gasteiger partial charge in [0.15, 0.2) is 17.7 Å². The molecule has 1 heterocycles. The maximum absolute atomic E-state index is 14.7. The van der Waals surface area contributed by atoms with Crippen molar-refractivity contribution in [3.63, 3.8) is 0 Å². The lowest BCUT2D eigenvalue weighted by Gasteiger charge is -2.39. The lowest BCUT2D eigenvalue weighted by molar-refractivity contribution is -0.152. The first kappa shape index (κ1) is 30.3. The average molecular weight is 592 g/mol. The van der Waals surface area contributed by atoms with E-state index in [0.29, 0.717) is 35.5 Å². The van der Waals surface area contributed by atoms with E-state index in [1.165, 1.54) is 14.2 Å². The number of amides is 1. The summed E-state index contributed by atoms with van der Waals surface area (Å²) in [4.78, 5) is 28.7. The zero-order valence-electron chi connectivity index (χ0n) is 24.9. The number of hydrogen-bond donors (Lipinski definition) is 2. The van der Waals surface area contributed by atoms with Crippen molar-refractivity contribution in [2.75, 3.05) is 42.1 Å². The number of carbonyl (C=O) groups is 2. The van der Waals surface area contributed by atoms with E-state index in [1.807, 2.05) is 30.3 Å². The zero-order valence-corrected chi connectivity index (χ0v) is 24.9. The number of benzene rings is 3. The molecule has 0 aromatic heterocycles. The van der Waals surface area contributed by atoms with Crippen molar-refractivity contribution in [3.05, 3.63) is 83.4 Å². The van der Waals surface area contributed by atoms with Gasteiger partial charge in [0.05, 0.1) is 32.8 Å². The third kappa shape index (κ3) is 4.79. The molecule has 0 radical (unpaired) electrons. The number of aliphatic hydroxyl groups is 1. The minimum Gasteiger partial charge on any atom is -0.497 e. The van der Waals surface area contributed by atoms with Gasteiger partial charge in [-0.15, -0.1) is 0 Å². The van der Waals surface area contributed by atoms with Gasteiger partial charge < -0.3 is 38.8 Å². The monoisotopic (exact) mass is 591 g/mol. The fourth-order valence-electron chi connectivity index (χ4n) is 6.49. The molecule has 0 spiro atoms. The molecular weight excluding hydrogens is 554 g/mol. The number of ketones is 1. The van der Waals surface area contributed by atoms with Gasteiger partial charge in [-0.3, -0.25) is 9.59 Å². The lowest BCUT2D eigenvalue weighted by atomic mass is 9.70. The van der Waals surface area contributed by atoms with Crippen molar-refractivity contribution in [1.82, 2.24) is 5.32 Å². The molecule has 1 aliphatic carbocycles. The maximum atomic E-state index is 14.7. The molecule has 1 fully saturated rings. The summed E-state index contributed by atoms with van der Waals surface area (Å²) in [5.74, 6) is -1.98. The number of rotatable bonds is 12. The molecule has 10 heteroatoms. The molecule has 43 heavy (non-hydrogen) atoms. The number of hydrogen-bond acceptors (Lipinski definition) is 9. The van der Waals surface area contributed by atoms with Gasteiger partial charge in [0.2, 0.25) is 11.5 Å². The van der Waals surface area contributed by atoms with E-state index in [0.717, 1.165) is 0 Å². The number of Topliss-reactive ketones (excluding diaryl/α,β-unsaturated/α-hetero) is 1. The summed E-state index contributed by atoms with van der Waals surface area (Å²) in [5.41, 5.74) is -2.74. The second-order valence-electron chi connectivity index (χ2n) is 10.5. The molecule has 5 rings (SSSR count). The van der Waals surface area contributed by atoms with E-state index in [2.05, 4.69) is 5.32 Å². The summed E-state index contributed by atoms with van der Waals surface area (Å²) in [5, 5.41) is 15.8. The zero-order chi connectivity index (χ0) is 30.8. The highest BCUT2D eigenvalue weighted by Gasteiger charge is 2.78. The van der Waals surface area contributed by atoms with Crippen molar-refractivity contribution < 1.29 is 43.1 Å². The SMILES string of the molecule is COc1ccc([C@@]23Oc4cc(OC)cc(OC)c4[C@]2(O)C(=O)[C@@H](C(=O)NCCCC(OC)OC)[C@H]3c2ccccc2)cc1. The quantitative estimate of drug-likeness (QED) is 0.185. The molecule has 228 valence electrons. The highest BCUT2D eigenvalue weighted by atomic mass is 16.7. The van der Waals surface area contributed by atoms with Crippen LogP contribution in [0.5, 0.6) is 23.0 Å². The Morgan fingerprint density at radius 3 is 2.21 bits per heavy atom. The third-order valence-corrected chi connectivity index (χ3v) is 8.48. The summed E-state index contributed by atoms with van der Waals surface area (Å²) >= 11 is 0. The Bertz CT molecular complexity index is 1460. The lowest BCUT2D eigenvalue weighted by Crippen LogP contribution is -2.50. The summed E-state index contributed by atoms with van der Waals surface area (Å²) in [7, 11) is 7.60. The van der Waals surface area contributed by atoms with E-state index in [1.54, 1.807) is 57.7 Å². The Morgan fingerprint density at radius 1 is 0.930 bits per heavy atom. The van der Waals surface area contributed by atoms with Crippen LogP contribution in [-0.4, -0.2) is 65.2 Å². The number of methoxy groups -OCH3 is 5. The Balaban J connectivity index is 1.69.